The highest BCUT2D eigenvalue weighted by molar-refractivity contribution is 5.94. The number of ether oxygens (including phenoxy) is 1. The molecule has 29 heavy (non-hydrogen) atoms. The zero-order chi connectivity index (χ0) is 20.8. The fourth-order valence-electron chi connectivity index (χ4n) is 2.76. The molecule has 0 unspecified atom stereocenters. The van der Waals surface area contributed by atoms with Gasteiger partial charge in [0.15, 0.2) is 5.65 Å². The number of hydrogen-bond acceptors (Lipinski definition) is 5. The number of nitrogens with one attached hydrogen (secondary N) is 3. The zero-order valence-corrected chi connectivity index (χ0v) is 16.6. The molecule has 0 bridgehead atoms. The quantitative estimate of drug-likeness (QED) is 0.532. The molecule has 3 aromatic rings. The number of carbonyl (C=O) groups excluding carboxylic acids is 2. The van der Waals surface area contributed by atoms with Crippen molar-refractivity contribution >= 4 is 28.7 Å². The Morgan fingerprint density at radius 3 is 2.52 bits per heavy atom. The molecule has 0 aliphatic heterocycles. The summed E-state index contributed by atoms with van der Waals surface area (Å²) in [6.07, 6.45) is 3.31. The number of hydrogen-bond donors (Lipinski definition) is 3. The minimum atomic E-state index is -0.374. The van der Waals surface area contributed by atoms with Gasteiger partial charge in [-0.1, -0.05) is 0 Å². The van der Waals surface area contributed by atoms with Gasteiger partial charge in [-0.15, -0.1) is 0 Å². The molecule has 3 amide bonds. The molecule has 2 aromatic heterocycles. The van der Waals surface area contributed by atoms with E-state index in [0.717, 1.165) is 11.0 Å². The number of pyridine rings is 1. The topological polar surface area (TPSA) is 110 Å². The first kappa shape index (κ1) is 20.1. The lowest BCUT2D eigenvalue weighted by molar-refractivity contribution is 0.0954. The molecule has 3 N–H and O–H groups in total. The van der Waals surface area contributed by atoms with Gasteiger partial charge in [-0.25, -0.2) is 14.5 Å². The maximum atomic E-state index is 12.1. The average molecular weight is 396 g/mol. The summed E-state index contributed by atoms with van der Waals surface area (Å²) in [6.45, 7) is 4.65. The number of anilines is 1. The van der Waals surface area contributed by atoms with Crippen molar-refractivity contribution in [1.82, 2.24) is 25.4 Å². The number of fused-ring (bicyclic) bond motifs is 1. The van der Waals surface area contributed by atoms with Gasteiger partial charge in [-0.3, -0.25) is 4.79 Å². The predicted molar refractivity (Wildman–Crippen MR) is 110 cm³/mol. The number of methoxy groups -OCH3 is 1. The van der Waals surface area contributed by atoms with Crippen LogP contribution in [-0.2, 0) is 0 Å². The maximum Gasteiger partial charge on any atom is 0.319 e. The number of rotatable bonds is 7. The van der Waals surface area contributed by atoms with E-state index in [2.05, 4.69) is 26.0 Å². The molecule has 3 rings (SSSR count). The van der Waals surface area contributed by atoms with E-state index in [4.69, 9.17) is 4.74 Å². The zero-order valence-electron chi connectivity index (χ0n) is 16.6. The second-order valence-electron chi connectivity index (χ2n) is 6.69. The molecule has 0 saturated carbocycles. The van der Waals surface area contributed by atoms with Crippen LogP contribution in [0.4, 0.5) is 10.5 Å². The van der Waals surface area contributed by atoms with Crippen molar-refractivity contribution in [3.63, 3.8) is 0 Å². The van der Waals surface area contributed by atoms with E-state index >= 15 is 0 Å². The van der Waals surface area contributed by atoms with E-state index in [1.54, 1.807) is 43.8 Å². The van der Waals surface area contributed by atoms with Crippen molar-refractivity contribution in [3.8, 4) is 5.75 Å². The van der Waals surface area contributed by atoms with Crippen LogP contribution in [0.2, 0.25) is 0 Å². The highest BCUT2D eigenvalue weighted by Crippen LogP contribution is 2.18. The fourth-order valence-corrected chi connectivity index (χ4v) is 2.76. The maximum absolute atomic E-state index is 12.1. The summed E-state index contributed by atoms with van der Waals surface area (Å²) in [5.74, 6) is 0.468. The smallest absolute Gasteiger partial charge is 0.319 e. The van der Waals surface area contributed by atoms with Crippen LogP contribution in [0.3, 0.4) is 0 Å². The van der Waals surface area contributed by atoms with E-state index < -0.39 is 0 Å². The lowest BCUT2D eigenvalue weighted by Crippen LogP contribution is -2.36. The summed E-state index contributed by atoms with van der Waals surface area (Å²) < 4.78 is 6.89. The lowest BCUT2D eigenvalue weighted by Gasteiger charge is -2.09. The molecule has 1 aromatic carbocycles. The Balaban J connectivity index is 1.45. The third-order valence-electron chi connectivity index (χ3n) is 4.23. The van der Waals surface area contributed by atoms with Crippen molar-refractivity contribution < 1.29 is 14.3 Å². The van der Waals surface area contributed by atoms with Crippen LogP contribution in [0.5, 0.6) is 5.75 Å². The van der Waals surface area contributed by atoms with Crippen molar-refractivity contribution in [1.29, 1.82) is 0 Å². The van der Waals surface area contributed by atoms with Gasteiger partial charge >= 0.3 is 6.03 Å². The van der Waals surface area contributed by atoms with Crippen molar-refractivity contribution in [3.05, 3.63) is 48.3 Å². The highest BCUT2D eigenvalue weighted by atomic mass is 16.5. The molecule has 2 heterocycles. The summed E-state index contributed by atoms with van der Waals surface area (Å²) in [4.78, 5) is 28.5. The van der Waals surface area contributed by atoms with Gasteiger partial charge in [0, 0.05) is 30.1 Å². The molecular weight excluding hydrogens is 372 g/mol. The Hall–Kier alpha value is -3.62. The summed E-state index contributed by atoms with van der Waals surface area (Å²) in [5.41, 5.74) is 1.87. The standard InChI is InChI=1S/C20H24N6O3/c1-13(2)26-18-15(11-24-26)10-16(12-23-18)25-20(28)22-9-8-21-19(27)14-4-6-17(29-3)7-5-14/h4-7,10-13H,8-9H2,1-3H3,(H,21,27)(H2,22,25,28). The molecular formula is C20H24N6O3. The van der Waals surface area contributed by atoms with E-state index in [9.17, 15) is 9.59 Å². The first-order valence-corrected chi connectivity index (χ1v) is 9.28. The molecule has 0 aliphatic rings. The van der Waals surface area contributed by atoms with Crippen molar-refractivity contribution in [2.75, 3.05) is 25.5 Å². The summed E-state index contributed by atoms with van der Waals surface area (Å²) >= 11 is 0. The molecule has 0 atom stereocenters. The molecule has 0 radical (unpaired) electrons. The van der Waals surface area contributed by atoms with Crippen LogP contribution < -0.4 is 20.7 Å². The van der Waals surface area contributed by atoms with Crippen molar-refractivity contribution in [2.45, 2.75) is 19.9 Å². The molecule has 9 heteroatoms. The number of benzene rings is 1. The van der Waals surface area contributed by atoms with Gasteiger partial charge in [0.1, 0.15) is 5.75 Å². The molecule has 0 saturated heterocycles. The van der Waals surface area contributed by atoms with Crippen LogP contribution in [0, 0.1) is 0 Å². The van der Waals surface area contributed by atoms with Gasteiger partial charge < -0.3 is 20.7 Å². The first-order valence-electron chi connectivity index (χ1n) is 9.28. The average Bonchev–Trinajstić information content (AvgIpc) is 3.14. The van der Waals surface area contributed by atoms with E-state index in [1.807, 2.05) is 24.6 Å². The van der Waals surface area contributed by atoms with Crippen LogP contribution in [0.1, 0.15) is 30.2 Å². The Kier molecular flexibility index (Phi) is 6.28. The Labute approximate surface area is 168 Å². The first-order chi connectivity index (χ1) is 14.0. The van der Waals surface area contributed by atoms with Gasteiger partial charge in [0.05, 0.1) is 25.2 Å². The number of aromatic nitrogens is 3. The number of amides is 3. The number of carbonyl (C=O) groups is 2. The van der Waals surface area contributed by atoms with Gasteiger partial charge in [-0.2, -0.15) is 5.10 Å². The van der Waals surface area contributed by atoms with Crippen LogP contribution in [-0.4, -0.2) is 46.9 Å². The van der Waals surface area contributed by atoms with Gasteiger partial charge in [0.2, 0.25) is 0 Å². The minimum Gasteiger partial charge on any atom is -0.497 e. The van der Waals surface area contributed by atoms with E-state index in [0.29, 0.717) is 23.5 Å². The second kappa shape index (κ2) is 9.05. The number of urea groups is 1. The molecule has 0 aliphatic carbocycles. The summed E-state index contributed by atoms with van der Waals surface area (Å²) in [5, 5.41) is 13.3. The SMILES string of the molecule is COc1ccc(C(=O)NCCNC(=O)Nc2cnc3c(cnn3C(C)C)c2)cc1. The van der Waals surface area contributed by atoms with E-state index in [1.165, 1.54) is 0 Å². The fraction of sp³-hybridized carbons (Fsp3) is 0.300. The molecule has 0 spiro atoms. The van der Waals surface area contributed by atoms with Crippen molar-refractivity contribution in [2.24, 2.45) is 0 Å². The lowest BCUT2D eigenvalue weighted by atomic mass is 10.2. The molecule has 9 nitrogen and oxygen atoms in total. The third kappa shape index (κ3) is 5.01. The Morgan fingerprint density at radius 2 is 1.83 bits per heavy atom. The summed E-state index contributed by atoms with van der Waals surface area (Å²) in [6, 6.07) is 8.44. The minimum absolute atomic E-state index is 0.204. The monoisotopic (exact) mass is 396 g/mol. The molecule has 0 fully saturated rings. The normalized spacial score (nSPS) is 10.8. The largest absolute Gasteiger partial charge is 0.497 e. The third-order valence-corrected chi connectivity index (χ3v) is 4.23. The Bertz CT molecular complexity index is 997. The highest BCUT2D eigenvalue weighted by Gasteiger charge is 2.09. The predicted octanol–water partition coefficient (Wildman–Crippen LogP) is 2.57. The second-order valence-corrected chi connectivity index (χ2v) is 6.69. The summed E-state index contributed by atoms with van der Waals surface area (Å²) in [7, 11) is 1.57. The van der Waals surface area contributed by atoms with E-state index in [-0.39, 0.29) is 24.5 Å². The van der Waals surface area contributed by atoms with Gasteiger partial charge in [0.25, 0.3) is 5.91 Å². The molecule has 152 valence electrons. The van der Waals surface area contributed by atoms with Gasteiger partial charge in [-0.05, 0) is 44.2 Å². The van der Waals surface area contributed by atoms with Crippen LogP contribution in [0.15, 0.2) is 42.7 Å². The Morgan fingerprint density at radius 1 is 1.10 bits per heavy atom. The number of nitrogens with zero attached hydrogens (tertiary/aromatic N) is 3. The van der Waals surface area contributed by atoms with Crippen LogP contribution in [0.25, 0.3) is 11.0 Å². The van der Waals surface area contributed by atoms with Crippen LogP contribution >= 0.6 is 0 Å².